The molecule has 0 saturated heterocycles. The van der Waals surface area contributed by atoms with Crippen LogP contribution in [0.1, 0.15) is 277 Å². The zero-order valence-electron chi connectivity index (χ0n) is 38.4. The molecular formula is C51H101NO5. The average molecular weight is 808 g/mol. The van der Waals surface area contributed by atoms with Crippen LogP contribution >= 0.6 is 0 Å². The first-order valence-electron chi connectivity index (χ1n) is 25.6. The molecule has 0 rings (SSSR count). The van der Waals surface area contributed by atoms with Gasteiger partial charge in [0.05, 0.1) is 18.8 Å². The molecule has 0 radical (unpaired) electrons. The fourth-order valence-corrected chi connectivity index (χ4v) is 8.17. The minimum atomic E-state index is -1.26. The van der Waals surface area contributed by atoms with Crippen molar-refractivity contribution in [1.29, 1.82) is 0 Å². The van der Waals surface area contributed by atoms with Crippen molar-refractivity contribution in [2.24, 2.45) is 0 Å². The molecule has 0 aromatic heterocycles. The summed E-state index contributed by atoms with van der Waals surface area (Å²) in [5, 5.41) is 43.7. The standard InChI is InChI=1S/C51H101NO5/c1-3-5-7-9-11-13-15-17-18-19-20-21-22-23-24-25-26-27-28-29-30-31-32-33-35-36-38-40-42-44-48(54)50(56)47(46-53)52-51(57)49(55)45-43-41-39-37-34-16-14-12-10-8-6-4-2/h34,37,47-50,53-56H,3-33,35-36,38-46H2,1-2H3,(H,52,57)/b37-34-. The third-order valence-corrected chi connectivity index (χ3v) is 12.2. The number of unbranched alkanes of at least 4 members (excludes halogenated alkanes) is 36. The third kappa shape index (κ3) is 40.2. The molecule has 0 aromatic carbocycles. The molecule has 0 aliphatic carbocycles. The normalized spacial score (nSPS) is 14.0. The van der Waals surface area contributed by atoms with Gasteiger partial charge in [-0.3, -0.25) is 4.79 Å². The van der Waals surface area contributed by atoms with Crippen LogP contribution in [0.25, 0.3) is 0 Å². The summed E-state index contributed by atoms with van der Waals surface area (Å²) < 4.78 is 0. The van der Waals surface area contributed by atoms with Gasteiger partial charge in [-0.1, -0.05) is 251 Å². The molecule has 0 aliphatic heterocycles. The molecule has 5 N–H and O–H groups in total. The number of aliphatic hydroxyl groups excluding tert-OH is 4. The Morgan fingerprint density at radius 3 is 1.04 bits per heavy atom. The van der Waals surface area contributed by atoms with E-state index in [2.05, 4.69) is 31.3 Å². The van der Waals surface area contributed by atoms with Crippen LogP contribution < -0.4 is 5.32 Å². The third-order valence-electron chi connectivity index (χ3n) is 12.2. The highest BCUT2D eigenvalue weighted by Gasteiger charge is 2.28. The van der Waals surface area contributed by atoms with Crippen LogP contribution in [0.15, 0.2) is 12.2 Å². The van der Waals surface area contributed by atoms with E-state index in [4.69, 9.17) is 0 Å². The first kappa shape index (κ1) is 56.0. The molecule has 4 unspecified atom stereocenters. The second-order valence-corrected chi connectivity index (χ2v) is 17.9. The van der Waals surface area contributed by atoms with Crippen molar-refractivity contribution in [2.45, 2.75) is 301 Å². The Hall–Kier alpha value is -0.950. The highest BCUT2D eigenvalue weighted by molar-refractivity contribution is 5.80. The summed E-state index contributed by atoms with van der Waals surface area (Å²) in [6, 6.07) is -0.990. The molecule has 0 fully saturated rings. The number of rotatable bonds is 47. The smallest absolute Gasteiger partial charge is 0.249 e. The Labute approximate surface area is 355 Å². The van der Waals surface area contributed by atoms with E-state index >= 15 is 0 Å². The number of aliphatic hydroxyl groups is 4. The lowest BCUT2D eigenvalue weighted by atomic mass is 9.99. The van der Waals surface area contributed by atoms with Gasteiger partial charge in [0.15, 0.2) is 0 Å². The zero-order valence-corrected chi connectivity index (χ0v) is 38.4. The quantitative estimate of drug-likeness (QED) is 0.0311. The molecular weight excluding hydrogens is 707 g/mol. The number of allylic oxidation sites excluding steroid dienone is 2. The molecule has 0 heterocycles. The molecule has 340 valence electrons. The summed E-state index contributed by atoms with van der Waals surface area (Å²) in [6.07, 6.45) is 52.8. The van der Waals surface area contributed by atoms with Gasteiger partial charge in [-0.2, -0.15) is 0 Å². The summed E-state index contributed by atoms with van der Waals surface area (Å²) in [4.78, 5) is 12.5. The van der Waals surface area contributed by atoms with Crippen LogP contribution in [0.2, 0.25) is 0 Å². The first-order valence-corrected chi connectivity index (χ1v) is 25.6. The van der Waals surface area contributed by atoms with E-state index in [1.165, 1.54) is 205 Å². The summed E-state index contributed by atoms with van der Waals surface area (Å²) in [7, 11) is 0. The fraction of sp³-hybridized carbons (Fsp3) is 0.941. The van der Waals surface area contributed by atoms with Crippen LogP contribution in [-0.4, -0.2) is 57.3 Å². The topological polar surface area (TPSA) is 110 Å². The van der Waals surface area contributed by atoms with Gasteiger partial charge >= 0.3 is 0 Å². The maximum Gasteiger partial charge on any atom is 0.249 e. The Morgan fingerprint density at radius 2 is 0.702 bits per heavy atom. The van der Waals surface area contributed by atoms with Crippen molar-refractivity contribution in [3.8, 4) is 0 Å². The summed E-state index contributed by atoms with van der Waals surface area (Å²) >= 11 is 0. The molecule has 0 aromatic rings. The molecule has 6 nitrogen and oxygen atoms in total. The van der Waals surface area contributed by atoms with E-state index < -0.39 is 36.9 Å². The largest absolute Gasteiger partial charge is 0.394 e. The van der Waals surface area contributed by atoms with Crippen LogP contribution in [0.4, 0.5) is 0 Å². The van der Waals surface area contributed by atoms with Crippen LogP contribution in [0, 0.1) is 0 Å². The van der Waals surface area contributed by atoms with Crippen LogP contribution in [-0.2, 0) is 4.79 Å². The monoisotopic (exact) mass is 808 g/mol. The van der Waals surface area contributed by atoms with Gasteiger partial charge in [0.1, 0.15) is 12.2 Å². The Bertz CT molecular complexity index is 821. The number of hydrogen-bond acceptors (Lipinski definition) is 5. The van der Waals surface area contributed by atoms with E-state index in [0.717, 1.165) is 44.9 Å². The second-order valence-electron chi connectivity index (χ2n) is 17.9. The predicted octanol–water partition coefficient (Wildman–Crippen LogP) is 14.1. The molecule has 0 aliphatic rings. The summed E-state index contributed by atoms with van der Waals surface area (Å²) in [5.41, 5.74) is 0. The minimum absolute atomic E-state index is 0.341. The van der Waals surface area contributed by atoms with Crippen LogP contribution in [0.3, 0.4) is 0 Å². The highest BCUT2D eigenvalue weighted by atomic mass is 16.3. The van der Waals surface area contributed by atoms with Crippen molar-refractivity contribution >= 4 is 5.91 Å². The molecule has 4 atom stereocenters. The van der Waals surface area contributed by atoms with Crippen LogP contribution in [0.5, 0.6) is 0 Å². The maximum atomic E-state index is 12.5. The first-order chi connectivity index (χ1) is 28.0. The predicted molar refractivity (Wildman–Crippen MR) is 247 cm³/mol. The lowest BCUT2D eigenvalue weighted by Gasteiger charge is -2.27. The summed E-state index contributed by atoms with van der Waals surface area (Å²) in [6.45, 7) is 4.05. The number of carbonyl (C=O) groups excluding carboxylic acids is 1. The molecule has 57 heavy (non-hydrogen) atoms. The molecule has 0 saturated carbocycles. The van der Waals surface area contributed by atoms with Crippen molar-refractivity contribution in [3.63, 3.8) is 0 Å². The Morgan fingerprint density at radius 1 is 0.421 bits per heavy atom. The number of nitrogens with one attached hydrogen (secondary N) is 1. The number of amides is 1. The van der Waals surface area contributed by atoms with Gasteiger partial charge in [0, 0.05) is 0 Å². The number of hydrogen-bond donors (Lipinski definition) is 5. The highest BCUT2D eigenvalue weighted by Crippen LogP contribution is 2.18. The maximum absolute atomic E-state index is 12.5. The SMILES string of the molecule is CCCCCCCC/C=C\CCCCC(O)C(=O)NC(CO)C(O)C(O)CCCCCCCCCCCCCCCCCCCCCCCCCCCCCCC. The van der Waals surface area contributed by atoms with E-state index in [-0.39, 0.29) is 0 Å². The zero-order chi connectivity index (χ0) is 41.7. The van der Waals surface area contributed by atoms with E-state index in [0.29, 0.717) is 12.8 Å². The van der Waals surface area contributed by atoms with Crippen molar-refractivity contribution < 1.29 is 25.2 Å². The molecule has 6 heteroatoms. The van der Waals surface area contributed by atoms with E-state index in [9.17, 15) is 25.2 Å². The molecule has 0 spiro atoms. The van der Waals surface area contributed by atoms with Gasteiger partial charge in [0.25, 0.3) is 0 Å². The Balaban J connectivity index is 3.57. The summed E-state index contributed by atoms with van der Waals surface area (Å²) in [5.74, 6) is -0.598. The van der Waals surface area contributed by atoms with Crippen molar-refractivity contribution in [3.05, 3.63) is 12.2 Å². The lowest BCUT2D eigenvalue weighted by molar-refractivity contribution is -0.132. The van der Waals surface area contributed by atoms with Crippen molar-refractivity contribution in [1.82, 2.24) is 5.32 Å². The molecule has 1 amide bonds. The Kier molecular flexibility index (Phi) is 45.4. The van der Waals surface area contributed by atoms with E-state index in [1.54, 1.807) is 0 Å². The van der Waals surface area contributed by atoms with Gasteiger partial charge in [-0.05, 0) is 38.5 Å². The average Bonchev–Trinajstić information content (AvgIpc) is 3.22. The second kappa shape index (κ2) is 46.1. The van der Waals surface area contributed by atoms with Gasteiger partial charge in [-0.15, -0.1) is 0 Å². The fourth-order valence-electron chi connectivity index (χ4n) is 8.17. The number of carbonyl (C=O) groups is 1. The van der Waals surface area contributed by atoms with E-state index in [1.807, 2.05) is 0 Å². The van der Waals surface area contributed by atoms with Gasteiger partial charge in [-0.25, -0.2) is 0 Å². The molecule has 0 bridgehead atoms. The van der Waals surface area contributed by atoms with Gasteiger partial charge < -0.3 is 25.7 Å². The minimum Gasteiger partial charge on any atom is -0.394 e. The van der Waals surface area contributed by atoms with Crippen molar-refractivity contribution in [2.75, 3.05) is 6.61 Å². The lowest BCUT2D eigenvalue weighted by Crippen LogP contribution is -2.53. The van der Waals surface area contributed by atoms with Gasteiger partial charge in [0.2, 0.25) is 5.91 Å².